The highest BCUT2D eigenvalue weighted by atomic mass is 16.5. The van der Waals surface area contributed by atoms with Gasteiger partial charge in [-0.15, -0.1) is 0 Å². The summed E-state index contributed by atoms with van der Waals surface area (Å²) in [6.45, 7) is -0.196. The number of rotatable bonds is 5. The minimum absolute atomic E-state index is 0.196. The molecule has 0 unspecified atom stereocenters. The zero-order chi connectivity index (χ0) is 11.8. The van der Waals surface area contributed by atoms with E-state index >= 15 is 0 Å². The second-order valence-corrected chi connectivity index (χ2v) is 2.86. The summed E-state index contributed by atoms with van der Waals surface area (Å²) >= 11 is 0. The van der Waals surface area contributed by atoms with Crippen molar-refractivity contribution in [2.24, 2.45) is 5.11 Å². The molecule has 0 N–H and O–H groups in total. The van der Waals surface area contributed by atoms with Gasteiger partial charge < -0.3 is 4.74 Å². The van der Waals surface area contributed by atoms with Crippen molar-refractivity contribution in [2.45, 2.75) is 6.10 Å². The van der Waals surface area contributed by atoms with Crippen molar-refractivity contribution < 1.29 is 14.3 Å². The van der Waals surface area contributed by atoms with Crippen LogP contribution in [0.25, 0.3) is 10.4 Å². The average molecular weight is 219 g/mol. The molecule has 0 amide bonds. The number of aldehydes is 1. The Bertz CT molecular complexity index is 413. The Balaban J connectivity index is 2.62. The lowest BCUT2D eigenvalue weighted by Crippen LogP contribution is -2.22. The summed E-state index contributed by atoms with van der Waals surface area (Å²) in [5.41, 5.74) is 8.41. The lowest BCUT2D eigenvalue weighted by Gasteiger charge is -2.08. The number of azide groups is 1. The number of ether oxygens (including phenoxy) is 1. The van der Waals surface area contributed by atoms with Crippen LogP contribution in [0.3, 0.4) is 0 Å². The lowest BCUT2D eigenvalue weighted by atomic mass is 10.2. The van der Waals surface area contributed by atoms with E-state index in [2.05, 4.69) is 10.0 Å². The molecule has 1 aromatic rings. The molecule has 0 fully saturated rings. The Morgan fingerprint density at radius 3 is 2.75 bits per heavy atom. The molecule has 82 valence electrons. The summed E-state index contributed by atoms with van der Waals surface area (Å²) in [6, 6.07) is 8.25. The number of benzene rings is 1. The van der Waals surface area contributed by atoms with Crippen LogP contribution in [0.2, 0.25) is 0 Å². The third-order valence-electron chi connectivity index (χ3n) is 1.74. The molecule has 0 aliphatic carbocycles. The predicted molar refractivity (Wildman–Crippen MR) is 55.7 cm³/mol. The maximum absolute atomic E-state index is 11.5. The topological polar surface area (TPSA) is 92.1 Å². The molecule has 16 heavy (non-hydrogen) atoms. The van der Waals surface area contributed by atoms with Crippen LogP contribution in [0.15, 0.2) is 35.4 Å². The van der Waals surface area contributed by atoms with E-state index in [1.807, 2.05) is 0 Å². The van der Waals surface area contributed by atoms with Crippen molar-refractivity contribution in [1.82, 2.24) is 0 Å². The van der Waals surface area contributed by atoms with Gasteiger partial charge in [0, 0.05) is 4.91 Å². The Labute approximate surface area is 91.5 Å². The fraction of sp³-hybridized carbons (Fsp3) is 0.200. The maximum atomic E-state index is 11.5. The molecule has 0 heterocycles. The number of hydrogen-bond donors (Lipinski definition) is 0. The predicted octanol–water partition coefficient (Wildman–Crippen LogP) is 1.72. The van der Waals surface area contributed by atoms with E-state index in [-0.39, 0.29) is 6.54 Å². The molecule has 0 spiro atoms. The van der Waals surface area contributed by atoms with Gasteiger partial charge in [-0.25, -0.2) is 4.79 Å². The first-order valence-electron chi connectivity index (χ1n) is 4.50. The van der Waals surface area contributed by atoms with Gasteiger partial charge in [-0.1, -0.05) is 23.3 Å². The SMILES string of the molecule is [N-]=[N+]=NC[C@H](C=O)OC(=O)c1ccccc1. The van der Waals surface area contributed by atoms with Gasteiger partial charge in [0.2, 0.25) is 0 Å². The van der Waals surface area contributed by atoms with E-state index in [9.17, 15) is 9.59 Å². The molecule has 1 atom stereocenters. The van der Waals surface area contributed by atoms with Crippen LogP contribution in [0.4, 0.5) is 0 Å². The lowest BCUT2D eigenvalue weighted by molar-refractivity contribution is -0.115. The second kappa shape index (κ2) is 6.21. The second-order valence-electron chi connectivity index (χ2n) is 2.86. The van der Waals surface area contributed by atoms with E-state index in [1.165, 1.54) is 0 Å². The molecular weight excluding hydrogens is 210 g/mol. The Morgan fingerprint density at radius 2 is 2.19 bits per heavy atom. The van der Waals surface area contributed by atoms with Gasteiger partial charge in [0.05, 0.1) is 12.1 Å². The first kappa shape index (κ1) is 11.7. The van der Waals surface area contributed by atoms with Crippen molar-refractivity contribution in [1.29, 1.82) is 0 Å². The molecule has 0 aromatic heterocycles. The Kier molecular flexibility index (Phi) is 4.56. The van der Waals surface area contributed by atoms with Crippen LogP contribution in [-0.4, -0.2) is 24.9 Å². The Hall–Kier alpha value is -2.33. The smallest absolute Gasteiger partial charge is 0.338 e. The van der Waals surface area contributed by atoms with Crippen LogP contribution in [0.1, 0.15) is 10.4 Å². The first-order valence-corrected chi connectivity index (χ1v) is 4.50. The monoisotopic (exact) mass is 219 g/mol. The summed E-state index contributed by atoms with van der Waals surface area (Å²) < 4.78 is 4.82. The number of nitrogens with zero attached hydrogens (tertiary/aromatic N) is 3. The van der Waals surface area contributed by atoms with Gasteiger partial charge in [-0.3, -0.25) is 4.79 Å². The van der Waals surface area contributed by atoms with Gasteiger partial charge in [0.15, 0.2) is 12.4 Å². The van der Waals surface area contributed by atoms with Crippen LogP contribution in [-0.2, 0) is 9.53 Å². The molecule has 1 rings (SSSR count). The first-order chi connectivity index (χ1) is 7.77. The molecular formula is C10H9N3O3. The van der Waals surface area contributed by atoms with Gasteiger partial charge in [-0.2, -0.15) is 0 Å². The molecule has 0 aliphatic heterocycles. The zero-order valence-electron chi connectivity index (χ0n) is 8.31. The fourth-order valence-electron chi connectivity index (χ4n) is 1.00. The van der Waals surface area contributed by atoms with Crippen LogP contribution < -0.4 is 0 Å². The van der Waals surface area contributed by atoms with E-state index in [4.69, 9.17) is 10.3 Å². The molecule has 0 saturated heterocycles. The zero-order valence-corrected chi connectivity index (χ0v) is 8.31. The molecule has 0 saturated carbocycles. The molecule has 1 aromatic carbocycles. The highest BCUT2D eigenvalue weighted by molar-refractivity contribution is 5.90. The molecule has 6 nitrogen and oxygen atoms in total. The summed E-state index contributed by atoms with van der Waals surface area (Å²) in [4.78, 5) is 24.5. The van der Waals surface area contributed by atoms with Gasteiger partial charge >= 0.3 is 5.97 Å². The van der Waals surface area contributed by atoms with Crippen LogP contribution in [0.5, 0.6) is 0 Å². The van der Waals surface area contributed by atoms with E-state index in [0.717, 1.165) is 0 Å². The molecule has 0 bridgehead atoms. The Morgan fingerprint density at radius 1 is 1.50 bits per heavy atom. The normalized spacial score (nSPS) is 11.0. The third kappa shape index (κ3) is 3.43. The van der Waals surface area contributed by atoms with E-state index in [1.54, 1.807) is 30.3 Å². The quantitative estimate of drug-likeness (QED) is 0.248. The fourth-order valence-corrected chi connectivity index (χ4v) is 1.00. The minimum atomic E-state index is -1.04. The summed E-state index contributed by atoms with van der Waals surface area (Å²) in [5, 5.41) is 3.16. The summed E-state index contributed by atoms with van der Waals surface area (Å²) in [7, 11) is 0. The molecule has 6 heteroatoms. The van der Waals surface area contributed by atoms with Gasteiger partial charge in [0.1, 0.15) is 0 Å². The van der Waals surface area contributed by atoms with Crippen molar-refractivity contribution in [3.8, 4) is 0 Å². The minimum Gasteiger partial charge on any atom is -0.451 e. The number of esters is 1. The maximum Gasteiger partial charge on any atom is 0.338 e. The number of hydrogen-bond acceptors (Lipinski definition) is 4. The van der Waals surface area contributed by atoms with Crippen molar-refractivity contribution >= 4 is 12.3 Å². The van der Waals surface area contributed by atoms with Crippen LogP contribution in [0, 0.1) is 0 Å². The number of carbonyl (C=O) groups is 2. The highest BCUT2D eigenvalue weighted by Crippen LogP contribution is 2.03. The van der Waals surface area contributed by atoms with Crippen molar-refractivity contribution in [3.05, 3.63) is 46.3 Å². The van der Waals surface area contributed by atoms with Gasteiger partial charge in [0.25, 0.3) is 0 Å². The van der Waals surface area contributed by atoms with Crippen molar-refractivity contribution in [2.75, 3.05) is 6.54 Å². The summed E-state index contributed by atoms with van der Waals surface area (Å²) in [6.07, 6.45) is -0.612. The van der Waals surface area contributed by atoms with E-state index in [0.29, 0.717) is 11.8 Å². The average Bonchev–Trinajstić information content (AvgIpc) is 2.35. The van der Waals surface area contributed by atoms with Crippen LogP contribution >= 0.6 is 0 Å². The summed E-state index contributed by atoms with van der Waals surface area (Å²) in [5.74, 6) is -0.620. The van der Waals surface area contributed by atoms with Crippen molar-refractivity contribution in [3.63, 3.8) is 0 Å². The molecule has 0 aliphatic rings. The van der Waals surface area contributed by atoms with E-state index < -0.39 is 12.1 Å². The highest BCUT2D eigenvalue weighted by Gasteiger charge is 2.13. The number of carbonyl (C=O) groups excluding carboxylic acids is 2. The third-order valence-corrected chi connectivity index (χ3v) is 1.74. The largest absolute Gasteiger partial charge is 0.451 e. The molecule has 0 radical (unpaired) electrons. The standard InChI is InChI=1S/C10H9N3O3/c11-13-12-6-9(7-14)16-10(15)8-4-2-1-3-5-8/h1-5,7,9H,6H2/t9-/m1/s1. The van der Waals surface area contributed by atoms with Gasteiger partial charge in [-0.05, 0) is 17.7 Å².